The Morgan fingerprint density at radius 2 is 1.93 bits per heavy atom. The van der Waals surface area contributed by atoms with E-state index in [9.17, 15) is 14.0 Å². The van der Waals surface area contributed by atoms with Gasteiger partial charge in [-0.15, -0.1) is 0 Å². The van der Waals surface area contributed by atoms with Crippen molar-refractivity contribution >= 4 is 17.1 Å². The zero-order valence-electron chi connectivity index (χ0n) is 16.0. The first-order valence-electron chi connectivity index (χ1n) is 9.51. The number of benzene rings is 1. The first kappa shape index (κ1) is 18.4. The van der Waals surface area contributed by atoms with Crippen LogP contribution in [0.15, 0.2) is 33.9 Å². The lowest BCUT2D eigenvalue weighted by atomic mass is 10.2. The first-order chi connectivity index (χ1) is 13.5. The molecule has 0 amide bonds. The standard InChI is InChI=1S/C19H23FN6O2/c1-3-24-8-10-25(11-9-24)18-21-16-15(17(27)22-19(28)23(16)2)26(18)12-13-6-4-5-7-14(13)20/h4-7H,3,8-12H2,1-2H3,(H,22,27,28)/p+1. The zero-order valence-corrected chi connectivity index (χ0v) is 16.0. The number of halogens is 1. The summed E-state index contributed by atoms with van der Waals surface area (Å²) in [5, 5.41) is 0. The molecule has 0 saturated carbocycles. The van der Waals surface area contributed by atoms with Gasteiger partial charge in [-0.3, -0.25) is 18.9 Å². The predicted octanol–water partition coefficient (Wildman–Crippen LogP) is -0.664. The second-order valence-corrected chi connectivity index (χ2v) is 7.17. The van der Waals surface area contributed by atoms with Crippen molar-refractivity contribution in [2.75, 3.05) is 37.6 Å². The summed E-state index contributed by atoms with van der Waals surface area (Å²) in [7, 11) is 1.57. The number of aromatic nitrogens is 4. The van der Waals surface area contributed by atoms with E-state index in [2.05, 4.69) is 21.8 Å². The number of hydrogen-bond acceptors (Lipinski definition) is 4. The number of anilines is 1. The highest BCUT2D eigenvalue weighted by Gasteiger charge is 2.26. The van der Waals surface area contributed by atoms with Gasteiger partial charge in [0, 0.05) is 12.6 Å². The number of aromatic amines is 1. The molecule has 3 heterocycles. The SMILES string of the molecule is CC[NH+]1CCN(c2nc3c(c(=O)[nH]c(=O)n3C)n2Cc2ccccc2F)CC1. The maximum atomic E-state index is 14.3. The minimum atomic E-state index is -0.514. The van der Waals surface area contributed by atoms with Crippen molar-refractivity contribution in [3.8, 4) is 0 Å². The van der Waals surface area contributed by atoms with Crippen molar-refractivity contribution in [2.45, 2.75) is 13.5 Å². The normalized spacial score (nSPS) is 15.5. The second-order valence-electron chi connectivity index (χ2n) is 7.17. The summed E-state index contributed by atoms with van der Waals surface area (Å²) >= 11 is 0. The van der Waals surface area contributed by atoms with Crippen LogP contribution in [0.1, 0.15) is 12.5 Å². The molecule has 0 aliphatic carbocycles. The number of fused-ring (bicyclic) bond motifs is 1. The van der Waals surface area contributed by atoms with Crippen LogP contribution in [0, 0.1) is 5.82 Å². The fourth-order valence-electron chi connectivity index (χ4n) is 3.79. The molecule has 3 aromatic rings. The molecule has 2 N–H and O–H groups in total. The van der Waals surface area contributed by atoms with Crippen LogP contribution >= 0.6 is 0 Å². The van der Waals surface area contributed by atoms with E-state index in [-0.39, 0.29) is 17.9 Å². The monoisotopic (exact) mass is 387 g/mol. The summed E-state index contributed by atoms with van der Waals surface area (Å²) in [6.45, 7) is 6.90. The number of hydrogen-bond donors (Lipinski definition) is 2. The fourth-order valence-corrected chi connectivity index (χ4v) is 3.79. The number of piperazine rings is 1. The maximum absolute atomic E-state index is 14.3. The number of likely N-dealkylation sites (N-methyl/N-ethyl adjacent to an activating group) is 1. The lowest BCUT2D eigenvalue weighted by Gasteiger charge is -2.32. The van der Waals surface area contributed by atoms with Gasteiger partial charge in [0.15, 0.2) is 11.2 Å². The van der Waals surface area contributed by atoms with Gasteiger partial charge in [0.25, 0.3) is 5.56 Å². The van der Waals surface area contributed by atoms with Gasteiger partial charge in [-0.2, -0.15) is 4.98 Å². The average Bonchev–Trinajstić information content (AvgIpc) is 3.08. The molecular weight excluding hydrogens is 363 g/mol. The van der Waals surface area contributed by atoms with Gasteiger partial charge < -0.3 is 9.80 Å². The van der Waals surface area contributed by atoms with E-state index in [0.29, 0.717) is 17.2 Å². The Bertz CT molecular complexity index is 1120. The molecule has 1 aromatic carbocycles. The summed E-state index contributed by atoms with van der Waals surface area (Å²) < 4.78 is 17.4. The Morgan fingerprint density at radius 3 is 2.61 bits per heavy atom. The number of aryl methyl sites for hydroxylation is 1. The van der Waals surface area contributed by atoms with E-state index >= 15 is 0 Å². The van der Waals surface area contributed by atoms with Crippen LogP contribution in [0.5, 0.6) is 0 Å². The van der Waals surface area contributed by atoms with Crippen molar-refractivity contribution in [2.24, 2.45) is 7.05 Å². The van der Waals surface area contributed by atoms with Gasteiger partial charge in [0.1, 0.15) is 5.82 Å². The van der Waals surface area contributed by atoms with Gasteiger partial charge in [0.05, 0.1) is 39.3 Å². The molecule has 4 rings (SSSR count). The van der Waals surface area contributed by atoms with Crippen LogP contribution in [0.3, 0.4) is 0 Å². The van der Waals surface area contributed by atoms with Crippen molar-refractivity contribution in [1.82, 2.24) is 19.1 Å². The summed E-state index contributed by atoms with van der Waals surface area (Å²) in [5.74, 6) is 0.261. The van der Waals surface area contributed by atoms with Crippen molar-refractivity contribution in [3.63, 3.8) is 0 Å². The molecule has 1 saturated heterocycles. The Morgan fingerprint density at radius 1 is 1.21 bits per heavy atom. The molecule has 2 aromatic heterocycles. The van der Waals surface area contributed by atoms with E-state index in [1.807, 2.05) is 0 Å². The molecule has 148 valence electrons. The fraction of sp³-hybridized carbons (Fsp3) is 0.421. The Balaban J connectivity index is 1.87. The Hall–Kier alpha value is -2.94. The lowest BCUT2D eigenvalue weighted by molar-refractivity contribution is -0.898. The molecule has 0 radical (unpaired) electrons. The third-order valence-electron chi connectivity index (χ3n) is 5.53. The minimum Gasteiger partial charge on any atom is -0.332 e. The molecule has 28 heavy (non-hydrogen) atoms. The van der Waals surface area contributed by atoms with Crippen LogP contribution in [0.4, 0.5) is 10.3 Å². The third-order valence-corrected chi connectivity index (χ3v) is 5.53. The van der Waals surface area contributed by atoms with Crippen LogP contribution < -0.4 is 21.0 Å². The highest BCUT2D eigenvalue weighted by Crippen LogP contribution is 2.22. The molecule has 1 fully saturated rings. The van der Waals surface area contributed by atoms with E-state index in [1.165, 1.54) is 15.5 Å². The molecule has 8 nitrogen and oxygen atoms in total. The van der Waals surface area contributed by atoms with E-state index in [1.54, 1.807) is 29.8 Å². The summed E-state index contributed by atoms with van der Waals surface area (Å²) in [6, 6.07) is 6.49. The molecule has 0 atom stereocenters. The topological polar surface area (TPSA) is 80.4 Å². The van der Waals surface area contributed by atoms with Gasteiger partial charge in [0.2, 0.25) is 5.95 Å². The molecule has 1 aliphatic heterocycles. The second kappa shape index (κ2) is 7.23. The highest BCUT2D eigenvalue weighted by atomic mass is 19.1. The van der Waals surface area contributed by atoms with E-state index in [0.717, 1.165) is 32.7 Å². The molecule has 9 heteroatoms. The quantitative estimate of drug-likeness (QED) is 0.623. The van der Waals surface area contributed by atoms with Gasteiger partial charge in [-0.05, 0) is 13.0 Å². The van der Waals surface area contributed by atoms with Crippen molar-refractivity contribution < 1.29 is 9.29 Å². The third kappa shape index (κ3) is 3.11. The number of quaternary nitrogens is 1. The molecule has 0 spiro atoms. The summed E-state index contributed by atoms with van der Waals surface area (Å²) in [6.07, 6.45) is 0. The molecule has 0 bridgehead atoms. The smallest absolute Gasteiger partial charge is 0.329 e. The summed E-state index contributed by atoms with van der Waals surface area (Å²) in [4.78, 5) is 35.2. The maximum Gasteiger partial charge on any atom is 0.329 e. The minimum absolute atomic E-state index is 0.167. The van der Waals surface area contributed by atoms with Gasteiger partial charge in [-0.25, -0.2) is 9.18 Å². The Labute approximate surface area is 160 Å². The first-order valence-corrected chi connectivity index (χ1v) is 9.51. The number of nitrogens with one attached hydrogen (secondary N) is 2. The number of imidazole rings is 1. The van der Waals surface area contributed by atoms with Crippen LogP contribution in [0.25, 0.3) is 11.2 Å². The molecular formula is C19H24FN6O2+. The van der Waals surface area contributed by atoms with Crippen LogP contribution in [-0.2, 0) is 13.6 Å². The largest absolute Gasteiger partial charge is 0.332 e. The summed E-state index contributed by atoms with van der Waals surface area (Å²) in [5.41, 5.74) is 0.0379. The predicted molar refractivity (Wildman–Crippen MR) is 105 cm³/mol. The Kier molecular flexibility index (Phi) is 4.76. The highest BCUT2D eigenvalue weighted by molar-refractivity contribution is 5.74. The lowest BCUT2D eigenvalue weighted by Crippen LogP contribution is -3.14. The van der Waals surface area contributed by atoms with Crippen molar-refractivity contribution in [1.29, 1.82) is 0 Å². The number of nitrogens with zero attached hydrogens (tertiary/aromatic N) is 4. The molecule has 1 aliphatic rings. The van der Waals surface area contributed by atoms with Crippen molar-refractivity contribution in [3.05, 3.63) is 56.5 Å². The van der Waals surface area contributed by atoms with Gasteiger partial charge in [-0.1, -0.05) is 18.2 Å². The van der Waals surface area contributed by atoms with Crippen LogP contribution in [0.2, 0.25) is 0 Å². The average molecular weight is 387 g/mol. The molecule has 0 unspecified atom stereocenters. The van der Waals surface area contributed by atoms with E-state index < -0.39 is 11.2 Å². The number of H-pyrrole nitrogens is 1. The zero-order chi connectivity index (χ0) is 19.8. The number of rotatable bonds is 4. The van der Waals surface area contributed by atoms with E-state index in [4.69, 9.17) is 0 Å². The van der Waals surface area contributed by atoms with Crippen LogP contribution in [-0.4, -0.2) is 51.8 Å². The van der Waals surface area contributed by atoms with Gasteiger partial charge >= 0.3 is 5.69 Å².